The zero-order valence-electron chi connectivity index (χ0n) is 9.88. The van der Waals surface area contributed by atoms with Gasteiger partial charge < -0.3 is 9.84 Å². The van der Waals surface area contributed by atoms with Crippen LogP contribution in [-0.4, -0.2) is 11.1 Å². The second kappa shape index (κ2) is 6.54. The Morgan fingerprint density at radius 3 is 2.89 bits per heavy atom. The number of para-hydroxylation sites is 1. The molecule has 0 aliphatic carbocycles. The zero-order valence-corrected chi connectivity index (χ0v) is 12.3. The standard InChI is InChI=1S/C14H11BrO3S/c15-12-5-1-3-10(6-7-13(16)17)14(12)18-9-11-4-2-8-19-11/h1-8H,9H2,(H,16,17)/b7-6+. The maximum atomic E-state index is 10.6. The molecule has 0 fully saturated rings. The van der Waals surface area contributed by atoms with Crippen LogP contribution in [0.25, 0.3) is 6.08 Å². The van der Waals surface area contributed by atoms with Crippen molar-refractivity contribution in [2.24, 2.45) is 0 Å². The molecular weight excluding hydrogens is 328 g/mol. The number of aliphatic carboxylic acids is 1. The molecule has 2 aromatic rings. The van der Waals surface area contributed by atoms with E-state index in [-0.39, 0.29) is 0 Å². The number of hydrogen-bond donors (Lipinski definition) is 1. The Labute approximate surface area is 123 Å². The number of carboxylic acids is 1. The molecule has 98 valence electrons. The number of hydrogen-bond acceptors (Lipinski definition) is 3. The Kier molecular flexibility index (Phi) is 4.76. The largest absolute Gasteiger partial charge is 0.486 e. The lowest BCUT2D eigenvalue weighted by atomic mass is 10.2. The van der Waals surface area contributed by atoms with Crippen molar-refractivity contribution in [3.8, 4) is 5.75 Å². The monoisotopic (exact) mass is 338 g/mol. The molecule has 0 atom stereocenters. The van der Waals surface area contributed by atoms with Gasteiger partial charge in [-0.25, -0.2) is 4.79 Å². The fourth-order valence-electron chi connectivity index (χ4n) is 1.51. The minimum absolute atomic E-state index is 0.466. The van der Waals surface area contributed by atoms with E-state index in [1.807, 2.05) is 35.7 Å². The van der Waals surface area contributed by atoms with Crippen molar-refractivity contribution in [1.29, 1.82) is 0 Å². The average molecular weight is 339 g/mol. The number of carbonyl (C=O) groups is 1. The molecule has 19 heavy (non-hydrogen) atoms. The molecule has 3 nitrogen and oxygen atoms in total. The van der Waals surface area contributed by atoms with Crippen LogP contribution in [0.2, 0.25) is 0 Å². The van der Waals surface area contributed by atoms with Gasteiger partial charge in [0.05, 0.1) is 4.47 Å². The third-order valence-electron chi connectivity index (χ3n) is 2.34. The molecule has 1 aromatic carbocycles. The van der Waals surface area contributed by atoms with Crippen molar-refractivity contribution < 1.29 is 14.6 Å². The van der Waals surface area contributed by atoms with E-state index >= 15 is 0 Å². The summed E-state index contributed by atoms with van der Waals surface area (Å²) >= 11 is 5.04. The summed E-state index contributed by atoms with van der Waals surface area (Å²) in [5.74, 6) is -0.336. The van der Waals surface area contributed by atoms with Crippen LogP contribution >= 0.6 is 27.3 Å². The van der Waals surface area contributed by atoms with E-state index < -0.39 is 5.97 Å². The Hall–Kier alpha value is -1.59. The summed E-state index contributed by atoms with van der Waals surface area (Å²) in [7, 11) is 0. The van der Waals surface area contributed by atoms with Crippen LogP contribution in [0.3, 0.4) is 0 Å². The molecule has 0 aliphatic heterocycles. The van der Waals surface area contributed by atoms with Gasteiger partial charge in [0.2, 0.25) is 0 Å². The lowest BCUT2D eigenvalue weighted by Gasteiger charge is -2.10. The molecule has 5 heteroatoms. The van der Waals surface area contributed by atoms with E-state index in [2.05, 4.69) is 15.9 Å². The SMILES string of the molecule is O=C(O)/C=C/c1cccc(Br)c1OCc1cccs1. The number of benzene rings is 1. The number of carboxylic acid groups (broad SMARTS) is 1. The maximum Gasteiger partial charge on any atom is 0.328 e. The summed E-state index contributed by atoms with van der Waals surface area (Å²) in [6.45, 7) is 0.466. The van der Waals surface area contributed by atoms with Gasteiger partial charge in [-0.1, -0.05) is 18.2 Å². The third-order valence-corrected chi connectivity index (χ3v) is 3.82. The number of thiophene rings is 1. The highest BCUT2D eigenvalue weighted by atomic mass is 79.9. The van der Waals surface area contributed by atoms with Crippen molar-refractivity contribution >= 4 is 39.3 Å². The molecular formula is C14H11BrO3S. The highest BCUT2D eigenvalue weighted by molar-refractivity contribution is 9.10. The molecule has 0 radical (unpaired) electrons. The Morgan fingerprint density at radius 2 is 2.21 bits per heavy atom. The molecule has 0 spiro atoms. The van der Waals surface area contributed by atoms with E-state index in [9.17, 15) is 4.79 Å². The topological polar surface area (TPSA) is 46.5 Å². The Balaban J connectivity index is 2.20. The number of halogens is 1. The van der Waals surface area contributed by atoms with E-state index in [0.717, 1.165) is 21.0 Å². The van der Waals surface area contributed by atoms with Crippen molar-refractivity contribution in [3.05, 3.63) is 56.7 Å². The van der Waals surface area contributed by atoms with E-state index in [1.54, 1.807) is 11.3 Å². The Morgan fingerprint density at radius 1 is 1.37 bits per heavy atom. The lowest BCUT2D eigenvalue weighted by Crippen LogP contribution is -1.96. The van der Waals surface area contributed by atoms with Crippen molar-refractivity contribution in [3.63, 3.8) is 0 Å². The van der Waals surface area contributed by atoms with Gasteiger partial charge in [-0.15, -0.1) is 11.3 Å². The minimum atomic E-state index is -0.982. The molecule has 0 saturated heterocycles. The first kappa shape index (κ1) is 13.8. The Bertz CT molecular complexity index is 591. The highest BCUT2D eigenvalue weighted by Crippen LogP contribution is 2.31. The molecule has 0 amide bonds. The first-order valence-corrected chi connectivity index (χ1v) is 7.19. The average Bonchev–Trinajstić information content (AvgIpc) is 2.88. The van der Waals surface area contributed by atoms with Gasteiger partial charge in [-0.2, -0.15) is 0 Å². The predicted molar refractivity (Wildman–Crippen MR) is 79.5 cm³/mol. The molecule has 1 N–H and O–H groups in total. The van der Waals surface area contributed by atoms with Gasteiger partial charge in [0.25, 0.3) is 0 Å². The molecule has 0 bridgehead atoms. The van der Waals surface area contributed by atoms with Crippen LogP contribution in [-0.2, 0) is 11.4 Å². The van der Waals surface area contributed by atoms with Crippen LogP contribution in [0.15, 0.2) is 46.3 Å². The van der Waals surface area contributed by atoms with E-state index in [1.165, 1.54) is 6.08 Å². The summed E-state index contributed by atoms with van der Waals surface area (Å²) in [5.41, 5.74) is 0.730. The summed E-state index contributed by atoms with van der Waals surface area (Å²) in [5, 5.41) is 10.7. The van der Waals surface area contributed by atoms with Gasteiger partial charge in [0.15, 0.2) is 0 Å². The van der Waals surface area contributed by atoms with Gasteiger partial charge in [0, 0.05) is 16.5 Å². The summed E-state index contributed by atoms with van der Waals surface area (Å²) in [4.78, 5) is 11.7. The third kappa shape index (κ3) is 3.94. The fourth-order valence-corrected chi connectivity index (χ4v) is 2.62. The van der Waals surface area contributed by atoms with Crippen molar-refractivity contribution in [2.45, 2.75) is 6.61 Å². The number of ether oxygens (including phenoxy) is 1. The molecule has 0 aliphatic rings. The lowest BCUT2D eigenvalue weighted by molar-refractivity contribution is -0.131. The smallest absolute Gasteiger partial charge is 0.328 e. The summed E-state index contributed by atoms with van der Waals surface area (Å²) < 4.78 is 6.57. The normalized spacial score (nSPS) is 10.8. The minimum Gasteiger partial charge on any atom is -0.486 e. The summed E-state index contributed by atoms with van der Waals surface area (Å²) in [6.07, 6.45) is 2.62. The molecule has 0 unspecified atom stereocenters. The number of rotatable bonds is 5. The van der Waals surface area contributed by atoms with E-state index in [4.69, 9.17) is 9.84 Å². The fraction of sp³-hybridized carbons (Fsp3) is 0.0714. The predicted octanol–water partition coefficient (Wildman–Crippen LogP) is 4.19. The quantitative estimate of drug-likeness (QED) is 0.831. The summed E-state index contributed by atoms with van der Waals surface area (Å²) in [6, 6.07) is 9.47. The van der Waals surface area contributed by atoms with Crippen LogP contribution in [0.5, 0.6) is 5.75 Å². The molecule has 1 heterocycles. The maximum absolute atomic E-state index is 10.6. The highest BCUT2D eigenvalue weighted by Gasteiger charge is 2.07. The van der Waals surface area contributed by atoms with Crippen LogP contribution in [0.1, 0.15) is 10.4 Å². The first-order chi connectivity index (χ1) is 9.16. The van der Waals surface area contributed by atoms with Gasteiger partial charge in [0.1, 0.15) is 12.4 Å². The van der Waals surface area contributed by atoms with Gasteiger partial charge in [-0.3, -0.25) is 0 Å². The second-order valence-corrected chi connectivity index (χ2v) is 5.58. The zero-order chi connectivity index (χ0) is 13.7. The van der Waals surface area contributed by atoms with Crippen LogP contribution < -0.4 is 4.74 Å². The molecule has 0 saturated carbocycles. The van der Waals surface area contributed by atoms with E-state index in [0.29, 0.717) is 12.4 Å². The van der Waals surface area contributed by atoms with Crippen molar-refractivity contribution in [2.75, 3.05) is 0 Å². The van der Waals surface area contributed by atoms with Crippen molar-refractivity contribution in [1.82, 2.24) is 0 Å². The second-order valence-electron chi connectivity index (χ2n) is 3.70. The van der Waals surface area contributed by atoms with Crippen LogP contribution in [0, 0.1) is 0 Å². The first-order valence-electron chi connectivity index (χ1n) is 5.51. The van der Waals surface area contributed by atoms with Gasteiger partial charge in [-0.05, 0) is 39.5 Å². The molecule has 2 rings (SSSR count). The molecule has 1 aromatic heterocycles. The van der Waals surface area contributed by atoms with Crippen LogP contribution in [0.4, 0.5) is 0 Å². The van der Waals surface area contributed by atoms with Gasteiger partial charge >= 0.3 is 5.97 Å².